The summed E-state index contributed by atoms with van der Waals surface area (Å²) in [6.45, 7) is 1.87. The predicted octanol–water partition coefficient (Wildman–Crippen LogP) is 3.71. The van der Waals surface area contributed by atoms with Crippen LogP contribution in [-0.2, 0) is 0 Å². The number of nitrogens with zero attached hydrogens (tertiary/aromatic N) is 3. The van der Waals surface area contributed by atoms with Gasteiger partial charge in [0.05, 0.1) is 11.9 Å². The number of benzene rings is 1. The van der Waals surface area contributed by atoms with Crippen LogP contribution in [0, 0.1) is 11.2 Å². The van der Waals surface area contributed by atoms with Gasteiger partial charge in [-0.2, -0.15) is 5.10 Å². The molecule has 0 saturated carbocycles. The first-order valence-corrected chi connectivity index (χ1v) is 7.44. The Hall–Kier alpha value is -2.47. The van der Waals surface area contributed by atoms with Crippen molar-refractivity contribution >= 4 is 29.2 Å². The Bertz CT molecular complexity index is 890. The van der Waals surface area contributed by atoms with Gasteiger partial charge in [0, 0.05) is 30.4 Å². The highest BCUT2D eigenvalue weighted by Crippen LogP contribution is 2.30. The molecular formula is C16H15ClFN5. The molecule has 0 radical (unpaired) electrons. The zero-order chi connectivity index (χ0) is 16.6. The van der Waals surface area contributed by atoms with E-state index in [9.17, 15) is 4.39 Å². The van der Waals surface area contributed by atoms with Crippen LogP contribution in [0.15, 0.2) is 30.5 Å². The Morgan fingerprint density at radius 2 is 2.17 bits per heavy atom. The maximum Gasteiger partial charge on any atom is 0.153 e. The van der Waals surface area contributed by atoms with Crippen LogP contribution in [0.5, 0.6) is 0 Å². The molecule has 0 amide bonds. The summed E-state index contributed by atoms with van der Waals surface area (Å²) in [5, 5.41) is 15.0. The van der Waals surface area contributed by atoms with Crippen LogP contribution < -0.4 is 5.32 Å². The molecule has 7 heteroatoms. The van der Waals surface area contributed by atoms with E-state index >= 15 is 0 Å². The fourth-order valence-corrected chi connectivity index (χ4v) is 2.74. The molecule has 23 heavy (non-hydrogen) atoms. The second-order valence-electron chi connectivity index (χ2n) is 5.19. The van der Waals surface area contributed by atoms with Gasteiger partial charge in [-0.05, 0) is 29.8 Å². The number of nitrogens with one attached hydrogen (secondary N) is 2. The van der Waals surface area contributed by atoms with E-state index < -0.39 is 0 Å². The van der Waals surface area contributed by atoms with E-state index in [2.05, 4.69) is 15.4 Å². The average molecular weight is 332 g/mol. The molecule has 2 aromatic heterocycles. The van der Waals surface area contributed by atoms with Gasteiger partial charge in [-0.1, -0.05) is 18.5 Å². The van der Waals surface area contributed by atoms with Crippen LogP contribution in [0.25, 0.3) is 5.65 Å². The van der Waals surface area contributed by atoms with E-state index in [1.807, 2.05) is 6.92 Å². The largest absolute Gasteiger partial charge is 0.388 e. The summed E-state index contributed by atoms with van der Waals surface area (Å²) in [5.41, 5.74) is 3.06. The van der Waals surface area contributed by atoms with Crippen molar-refractivity contribution in [2.75, 3.05) is 12.4 Å². The quantitative estimate of drug-likeness (QED) is 0.716. The number of aromatic nitrogens is 3. The van der Waals surface area contributed by atoms with Gasteiger partial charge in [-0.25, -0.2) is 13.9 Å². The first-order chi connectivity index (χ1) is 11.0. The highest BCUT2D eigenvalue weighted by Gasteiger charge is 2.19. The number of hydrogen-bond acceptors (Lipinski definition) is 4. The topological polar surface area (TPSA) is 66.1 Å². The fourth-order valence-electron chi connectivity index (χ4n) is 2.60. The van der Waals surface area contributed by atoms with Gasteiger partial charge in [0.2, 0.25) is 0 Å². The molecule has 1 unspecified atom stereocenters. The van der Waals surface area contributed by atoms with Gasteiger partial charge in [0.15, 0.2) is 5.65 Å². The Balaban J connectivity index is 2.13. The highest BCUT2D eigenvalue weighted by molar-refractivity contribution is 6.29. The zero-order valence-corrected chi connectivity index (χ0v) is 13.4. The fraction of sp³-hybridized carbons (Fsp3) is 0.188. The van der Waals surface area contributed by atoms with Crippen molar-refractivity contribution in [2.24, 2.45) is 0 Å². The molecule has 0 aliphatic heterocycles. The number of imidazole rings is 1. The molecule has 0 saturated heterocycles. The Labute approximate surface area is 137 Å². The molecule has 1 atom stereocenters. The standard InChI is InChI=1S/C16H15ClFN5/c1-9(11-5-10(7-19)13(20-2)6-12(11)18)14-8-21-16-4-3-15(17)22-23(14)16/h3-9,19-20H,1-2H3. The Morgan fingerprint density at radius 1 is 1.39 bits per heavy atom. The molecule has 0 fully saturated rings. The number of rotatable bonds is 4. The molecule has 0 aliphatic carbocycles. The lowest BCUT2D eigenvalue weighted by Gasteiger charge is -2.15. The second-order valence-corrected chi connectivity index (χ2v) is 5.57. The SMILES string of the molecule is CNc1cc(F)c(C(C)c2cnc3ccc(Cl)nn23)cc1C=N. The summed E-state index contributed by atoms with van der Waals surface area (Å²) in [5.74, 6) is -0.634. The normalized spacial score (nSPS) is 12.3. The zero-order valence-electron chi connectivity index (χ0n) is 12.6. The molecule has 5 nitrogen and oxygen atoms in total. The van der Waals surface area contributed by atoms with Crippen LogP contribution in [0.3, 0.4) is 0 Å². The summed E-state index contributed by atoms with van der Waals surface area (Å²) in [6.07, 6.45) is 2.87. The lowest BCUT2D eigenvalue weighted by atomic mass is 9.95. The van der Waals surface area contributed by atoms with E-state index in [-0.39, 0.29) is 11.7 Å². The summed E-state index contributed by atoms with van der Waals surface area (Å²) >= 11 is 5.94. The third-order valence-electron chi connectivity index (χ3n) is 3.86. The minimum atomic E-state index is -0.343. The summed E-state index contributed by atoms with van der Waals surface area (Å²) in [7, 11) is 1.70. The molecule has 0 aliphatic rings. The van der Waals surface area contributed by atoms with E-state index in [0.717, 1.165) is 5.69 Å². The lowest BCUT2D eigenvalue weighted by molar-refractivity contribution is 0.599. The minimum Gasteiger partial charge on any atom is -0.388 e. The minimum absolute atomic E-state index is 0.291. The van der Waals surface area contributed by atoms with Crippen molar-refractivity contribution in [2.45, 2.75) is 12.8 Å². The molecule has 3 aromatic rings. The predicted molar refractivity (Wildman–Crippen MR) is 89.3 cm³/mol. The molecule has 2 N–H and O–H groups in total. The number of halogens is 2. The van der Waals surface area contributed by atoms with Gasteiger partial charge >= 0.3 is 0 Å². The molecular weight excluding hydrogens is 317 g/mol. The number of fused-ring (bicyclic) bond motifs is 1. The van der Waals surface area contributed by atoms with E-state index in [4.69, 9.17) is 17.0 Å². The van der Waals surface area contributed by atoms with E-state index in [1.165, 1.54) is 12.3 Å². The first kappa shape index (κ1) is 15.4. The van der Waals surface area contributed by atoms with Gasteiger partial charge < -0.3 is 10.7 Å². The number of anilines is 1. The monoisotopic (exact) mass is 331 g/mol. The van der Waals surface area contributed by atoms with Crippen LogP contribution >= 0.6 is 11.6 Å². The molecule has 1 aromatic carbocycles. The van der Waals surface area contributed by atoms with Crippen LogP contribution in [0.2, 0.25) is 5.15 Å². The van der Waals surface area contributed by atoms with Crippen LogP contribution in [0.1, 0.15) is 29.7 Å². The van der Waals surface area contributed by atoms with Gasteiger partial charge in [-0.3, -0.25) is 0 Å². The maximum absolute atomic E-state index is 14.5. The van der Waals surface area contributed by atoms with E-state index in [0.29, 0.717) is 27.6 Å². The van der Waals surface area contributed by atoms with E-state index in [1.54, 1.807) is 36.0 Å². The van der Waals surface area contributed by atoms with Gasteiger partial charge in [0.1, 0.15) is 11.0 Å². The smallest absolute Gasteiger partial charge is 0.153 e. The molecule has 2 heterocycles. The Kier molecular flexibility index (Phi) is 4.00. The second kappa shape index (κ2) is 5.96. The number of hydrogen-bond donors (Lipinski definition) is 2. The molecule has 3 rings (SSSR count). The van der Waals surface area contributed by atoms with Crippen molar-refractivity contribution in [1.82, 2.24) is 14.6 Å². The average Bonchev–Trinajstić information content (AvgIpc) is 2.96. The summed E-state index contributed by atoms with van der Waals surface area (Å²) in [4.78, 5) is 4.27. The maximum atomic E-state index is 14.5. The van der Waals surface area contributed by atoms with Crippen molar-refractivity contribution in [3.05, 3.63) is 58.3 Å². The van der Waals surface area contributed by atoms with Crippen LogP contribution in [0.4, 0.5) is 10.1 Å². The Morgan fingerprint density at radius 3 is 2.87 bits per heavy atom. The lowest BCUT2D eigenvalue weighted by Crippen LogP contribution is -2.07. The molecule has 0 bridgehead atoms. The summed E-state index contributed by atoms with van der Waals surface area (Å²) in [6, 6.07) is 6.49. The third kappa shape index (κ3) is 2.66. The van der Waals surface area contributed by atoms with Crippen molar-refractivity contribution in [3.8, 4) is 0 Å². The first-order valence-electron chi connectivity index (χ1n) is 7.07. The van der Waals surface area contributed by atoms with Gasteiger partial charge in [0.25, 0.3) is 0 Å². The van der Waals surface area contributed by atoms with Crippen molar-refractivity contribution in [1.29, 1.82) is 5.41 Å². The van der Waals surface area contributed by atoms with Crippen molar-refractivity contribution < 1.29 is 4.39 Å². The van der Waals surface area contributed by atoms with Crippen molar-refractivity contribution in [3.63, 3.8) is 0 Å². The summed E-state index contributed by atoms with van der Waals surface area (Å²) < 4.78 is 16.1. The third-order valence-corrected chi connectivity index (χ3v) is 4.06. The highest BCUT2D eigenvalue weighted by atomic mass is 35.5. The van der Waals surface area contributed by atoms with Crippen LogP contribution in [-0.4, -0.2) is 27.9 Å². The van der Waals surface area contributed by atoms with Gasteiger partial charge in [-0.15, -0.1) is 0 Å². The molecule has 0 spiro atoms. The molecule has 118 valence electrons.